The summed E-state index contributed by atoms with van der Waals surface area (Å²) < 4.78 is 0.969. The van der Waals surface area contributed by atoms with Crippen LogP contribution < -0.4 is 4.90 Å². The third-order valence-corrected chi connectivity index (χ3v) is 3.96. The number of carbonyl (C=O) groups is 1. The fourth-order valence-electron chi connectivity index (χ4n) is 2.32. The first-order chi connectivity index (χ1) is 8.08. The number of hydrogen-bond acceptors (Lipinski definition) is 2. The number of ketones is 1. The average Bonchev–Trinajstić information content (AvgIpc) is 2.30. The molecule has 0 unspecified atom stereocenters. The summed E-state index contributed by atoms with van der Waals surface area (Å²) in [6.07, 6.45) is 2.43. The Balaban J connectivity index is 2.28. The summed E-state index contributed by atoms with van der Waals surface area (Å²) in [4.78, 5) is 14.0. The highest BCUT2D eigenvalue weighted by Crippen LogP contribution is 2.28. The van der Waals surface area contributed by atoms with E-state index in [1.807, 2.05) is 12.1 Å². The van der Waals surface area contributed by atoms with Crippen LogP contribution in [-0.4, -0.2) is 18.9 Å². The Hall–Kier alpha value is -0.830. The van der Waals surface area contributed by atoms with Crippen molar-refractivity contribution in [1.82, 2.24) is 0 Å². The molecule has 0 spiro atoms. The molecule has 0 saturated carbocycles. The maximum absolute atomic E-state index is 11.7. The molecule has 0 radical (unpaired) electrons. The molecule has 17 heavy (non-hydrogen) atoms. The monoisotopic (exact) mass is 295 g/mol. The molecule has 1 aromatic carbocycles. The molecular formula is C14H18BrNO. The molecule has 1 fully saturated rings. The zero-order valence-corrected chi connectivity index (χ0v) is 12.0. The second-order valence-electron chi connectivity index (χ2n) is 4.89. The van der Waals surface area contributed by atoms with Gasteiger partial charge in [-0.25, -0.2) is 0 Å². The first kappa shape index (κ1) is 12.6. The van der Waals surface area contributed by atoms with Gasteiger partial charge in [0.1, 0.15) is 0 Å². The van der Waals surface area contributed by atoms with Crippen molar-refractivity contribution in [1.29, 1.82) is 0 Å². The summed E-state index contributed by atoms with van der Waals surface area (Å²) in [5.41, 5.74) is 1.92. The highest BCUT2D eigenvalue weighted by Gasteiger charge is 2.19. The van der Waals surface area contributed by atoms with E-state index in [0.29, 0.717) is 0 Å². The molecule has 1 aliphatic rings. The van der Waals surface area contributed by atoms with E-state index in [0.717, 1.165) is 34.7 Å². The van der Waals surface area contributed by atoms with Crippen LogP contribution in [0.1, 0.15) is 37.0 Å². The van der Waals surface area contributed by atoms with E-state index in [-0.39, 0.29) is 5.78 Å². The zero-order chi connectivity index (χ0) is 12.4. The third-order valence-electron chi connectivity index (χ3n) is 3.46. The highest BCUT2D eigenvalue weighted by atomic mass is 79.9. The first-order valence-corrected chi connectivity index (χ1v) is 6.92. The molecule has 3 heteroatoms. The molecule has 0 aliphatic carbocycles. The maximum atomic E-state index is 11.7. The van der Waals surface area contributed by atoms with Crippen LogP contribution in [0.3, 0.4) is 0 Å². The maximum Gasteiger partial charge on any atom is 0.161 e. The minimum Gasteiger partial charge on any atom is -0.371 e. The number of Topliss-reactive ketones (excluding diaryl/α,β-unsaturated/α-hetero) is 1. The number of hydrogen-bond donors (Lipinski definition) is 0. The van der Waals surface area contributed by atoms with Crippen LogP contribution in [0.2, 0.25) is 0 Å². The van der Waals surface area contributed by atoms with Gasteiger partial charge in [-0.05, 0) is 43.9 Å². The van der Waals surface area contributed by atoms with Gasteiger partial charge in [-0.15, -0.1) is 0 Å². The molecule has 1 heterocycles. The lowest BCUT2D eigenvalue weighted by Crippen LogP contribution is -2.33. The molecular weight excluding hydrogens is 278 g/mol. The number of nitrogens with zero attached hydrogens (tertiary/aromatic N) is 1. The van der Waals surface area contributed by atoms with E-state index < -0.39 is 0 Å². The van der Waals surface area contributed by atoms with Crippen LogP contribution >= 0.6 is 15.9 Å². The van der Waals surface area contributed by atoms with Gasteiger partial charge in [0.15, 0.2) is 5.78 Å². The lowest BCUT2D eigenvalue weighted by atomic mass is 9.97. The molecule has 0 amide bonds. The summed E-state index contributed by atoms with van der Waals surface area (Å²) in [7, 11) is 0. The van der Waals surface area contributed by atoms with Gasteiger partial charge >= 0.3 is 0 Å². The number of halogens is 1. The summed E-state index contributed by atoms with van der Waals surface area (Å²) in [6, 6.07) is 5.99. The molecule has 1 saturated heterocycles. The summed E-state index contributed by atoms with van der Waals surface area (Å²) in [5, 5.41) is 0. The largest absolute Gasteiger partial charge is 0.371 e. The Morgan fingerprint density at radius 1 is 1.35 bits per heavy atom. The van der Waals surface area contributed by atoms with E-state index in [2.05, 4.69) is 33.8 Å². The molecule has 92 valence electrons. The Morgan fingerprint density at radius 3 is 2.59 bits per heavy atom. The van der Waals surface area contributed by atoms with Crippen molar-refractivity contribution in [2.45, 2.75) is 26.7 Å². The molecule has 2 rings (SSSR count). The Kier molecular flexibility index (Phi) is 3.87. The van der Waals surface area contributed by atoms with E-state index in [4.69, 9.17) is 0 Å². The van der Waals surface area contributed by atoms with Crippen LogP contribution in [0.25, 0.3) is 0 Å². The zero-order valence-electron chi connectivity index (χ0n) is 10.4. The summed E-state index contributed by atoms with van der Waals surface area (Å²) in [6.45, 7) is 6.05. The van der Waals surface area contributed by atoms with Crippen molar-refractivity contribution in [3.63, 3.8) is 0 Å². The Morgan fingerprint density at radius 2 is 2.00 bits per heavy atom. The molecule has 0 atom stereocenters. The van der Waals surface area contributed by atoms with Crippen LogP contribution in [-0.2, 0) is 0 Å². The van der Waals surface area contributed by atoms with Crippen molar-refractivity contribution in [3.05, 3.63) is 28.2 Å². The SMILES string of the molecule is CC(=O)c1cc(Br)ccc1N1CCC(C)CC1. The van der Waals surface area contributed by atoms with Gasteiger partial charge in [0.2, 0.25) is 0 Å². The van der Waals surface area contributed by atoms with Gasteiger partial charge in [0, 0.05) is 28.8 Å². The second kappa shape index (κ2) is 5.21. The molecule has 1 aliphatic heterocycles. The Labute approximate surface area is 111 Å². The fraction of sp³-hybridized carbons (Fsp3) is 0.500. The quantitative estimate of drug-likeness (QED) is 0.772. The summed E-state index contributed by atoms with van der Waals surface area (Å²) in [5.74, 6) is 0.947. The van der Waals surface area contributed by atoms with Crippen molar-refractivity contribution < 1.29 is 4.79 Å². The molecule has 1 aromatic rings. The van der Waals surface area contributed by atoms with Crippen molar-refractivity contribution in [2.75, 3.05) is 18.0 Å². The van der Waals surface area contributed by atoms with Gasteiger partial charge in [-0.2, -0.15) is 0 Å². The van der Waals surface area contributed by atoms with Crippen molar-refractivity contribution in [3.8, 4) is 0 Å². The van der Waals surface area contributed by atoms with Gasteiger partial charge in [0.25, 0.3) is 0 Å². The minimum absolute atomic E-state index is 0.139. The van der Waals surface area contributed by atoms with Crippen LogP contribution in [0, 0.1) is 5.92 Å². The van der Waals surface area contributed by atoms with Gasteiger partial charge in [-0.3, -0.25) is 4.79 Å². The van der Waals surface area contributed by atoms with E-state index >= 15 is 0 Å². The van der Waals surface area contributed by atoms with Crippen LogP contribution in [0.4, 0.5) is 5.69 Å². The molecule has 0 bridgehead atoms. The van der Waals surface area contributed by atoms with Crippen molar-refractivity contribution >= 4 is 27.4 Å². The average molecular weight is 296 g/mol. The minimum atomic E-state index is 0.139. The predicted octanol–water partition coefficient (Wildman–Crippen LogP) is 3.89. The molecule has 2 nitrogen and oxygen atoms in total. The predicted molar refractivity (Wildman–Crippen MR) is 74.8 cm³/mol. The number of benzene rings is 1. The number of carbonyl (C=O) groups excluding carboxylic acids is 1. The molecule has 0 aromatic heterocycles. The lowest BCUT2D eigenvalue weighted by molar-refractivity contribution is 0.101. The summed E-state index contributed by atoms with van der Waals surface area (Å²) >= 11 is 3.43. The fourth-order valence-corrected chi connectivity index (χ4v) is 2.68. The van der Waals surface area contributed by atoms with Gasteiger partial charge < -0.3 is 4.90 Å². The lowest BCUT2D eigenvalue weighted by Gasteiger charge is -2.33. The normalized spacial score (nSPS) is 17.2. The van der Waals surface area contributed by atoms with Crippen molar-refractivity contribution in [2.24, 2.45) is 5.92 Å². The van der Waals surface area contributed by atoms with Gasteiger partial charge in [-0.1, -0.05) is 22.9 Å². The van der Waals surface area contributed by atoms with Crippen LogP contribution in [0.15, 0.2) is 22.7 Å². The first-order valence-electron chi connectivity index (χ1n) is 6.13. The Bertz CT molecular complexity index is 422. The second-order valence-corrected chi connectivity index (χ2v) is 5.80. The number of piperidine rings is 1. The smallest absolute Gasteiger partial charge is 0.161 e. The number of rotatable bonds is 2. The standard InChI is InChI=1S/C14H18BrNO/c1-10-5-7-16(8-6-10)14-4-3-12(15)9-13(14)11(2)17/h3-4,9-10H,5-8H2,1-2H3. The van der Waals surface area contributed by atoms with E-state index in [1.165, 1.54) is 12.8 Å². The van der Waals surface area contributed by atoms with E-state index in [9.17, 15) is 4.79 Å². The third kappa shape index (κ3) is 2.89. The highest BCUT2D eigenvalue weighted by molar-refractivity contribution is 9.10. The van der Waals surface area contributed by atoms with Crippen LogP contribution in [0.5, 0.6) is 0 Å². The molecule has 0 N–H and O–H groups in total. The van der Waals surface area contributed by atoms with E-state index in [1.54, 1.807) is 6.92 Å². The number of anilines is 1. The topological polar surface area (TPSA) is 20.3 Å². The van der Waals surface area contributed by atoms with Gasteiger partial charge in [0.05, 0.1) is 0 Å².